The lowest BCUT2D eigenvalue weighted by molar-refractivity contribution is 0.107. The average Bonchev–Trinajstić information content (AvgIpc) is 2.70. The number of halogens is 1. The number of aryl methyl sites for hydroxylation is 1. The standard InChI is InChI=1S/C21H37N5S.HI/c1-6-22-21(24-16-19-9-8-17(3)14-20(19)27-5)23-15-18(4)26-12-10-25(7-2)11-13-26;/h8-9,14,18H,6-7,10-13,15-16H2,1-5H3,(H2,22,23,24);1H. The second kappa shape index (κ2) is 13.7. The summed E-state index contributed by atoms with van der Waals surface area (Å²) in [4.78, 5) is 11.2. The molecule has 0 radical (unpaired) electrons. The van der Waals surface area contributed by atoms with Crippen molar-refractivity contribution < 1.29 is 0 Å². The Morgan fingerprint density at radius 1 is 1.18 bits per heavy atom. The second-order valence-corrected chi connectivity index (χ2v) is 8.06. The Balaban J connectivity index is 0.00000392. The zero-order valence-electron chi connectivity index (χ0n) is 18.1. The van der Waals surface area contributed by atoms with Gasteiger partial charge < -0.3 is 15.5 Å². The fourth-order valence-corrected chi connectivity index (χ4v) is 4.08. The van der Waals surface area contributed by atoms with Crippen molar-refractivity contribution in [3.8, 4) is 0 Å². The van der Waals surface area contributed by atoms with E-state index < -0.39 is 0 Å². The Bertz CT molecular complexity index is 602. The third-order valence-electron chi connectivity index (χ3n) is 5.24. The van der Waals surface area contributed by atoms with Crippen molar-refractivity contribution >= 4 is 41.7 Å². The minimum atomic E-state index is 0. The van der Waals surface area contributed by atoms with E-state index in [0.717, 1.165) is 38.7 Å². The number of thioether (sulfide) groups is 1. The van der Waals surface area contributed by atoms with Gasteiger partial charge in [-0.1, -0.05) is 19.1 Å². The Hall–Kier alpha value is -0.510. The van der Waals surface area contributed by atoms with E-state index in [-0.39, 0.29) is 24.0 Å². The molecule has 28 heavy (non-hydrogen) atoms. The number of likely N-dealkylation sites (N-methyl/N-ethyl adjacent to an activating group) is 1. The highest BCUT2D eigenvalue weighted by Crippen LogP contribution is 2.22. The van der Waals surface area contributed by atoms with E-state index in [1.165, 1.54) is 29.1 Å². The molecule has 5 nitrogen and oxygen atoms in total. The first-order valence-corrected chi connectivity index (χ1v) is 11.4. The van der Waals surface area contributed by atoms with E-state index in [9.17, 15) is 0 Å². The number of rotatable bonds is 8. The van der Waals surface area contributed by atoms with Crippen LogP contribution in [0.25, 0.3) is 0 Å². The summed E-state index contributed by atoms with van der Waals surface area (Å²) >= 11 is 1.79. The highest BCUT2D eigenvalue weighted by Gasteiger charge is 2.20. The van der Waals surface area contributed by atoms with Crippen LogP contribution in [0.2, 0.25) is 0 Å². The van der Waals surface area contributed by atoms with Crippen LogP contribution in [0.5, 0.6) is 0 Å². The zero-order valence-corrected chi connectivity index (χ0v) is 21.3. The zero-order chi connectivity index (χ0) is 19.6. The van der Waals surface area contributed by atoms with E-state index in [0.29, 0.717) is 12.6 Å². The molecule has 1 aliphatic rings. The van der Waals surface area contributed by atoms with Gasteiger partial charge in [0.1, 0.15) is 0 Å². The van der Waals surface area contributed by atoms with Crippen molar-refractivity contribution in [2.45, 2.75) is 45.2 Å². The molecule has 1 aromatic carbocycles. The molecule has 0 saturated carbocycles. The first-order valence-electron chi connectivity index (χ1n) is 10.2. The lowest BCUT2D eigenvalue weighted by atomic mass is 10.1. The van der Waals surface area contributed by atoms with Crippen LogP contribution in [-0.4, -0.2) is 73.9 Å². The van der Waals surface area contributed by atoms with Gasteiger partial charge in [0.15, 0.2) is 5.96 Å². The molecule has 1 aromatic rings. The summed E-state index contributed by atoms with van der Waals surface area (Å²) in [5, 5.41) is 6.92. The number of nitrogens with zero attached hydrogens (tertiary/aromatic N) is 3. The second-order valence-electron chi connectivity index (χ2n) is 7.21. The Labute approximate surface area is 193 Å². The van der Waals surface area contributed by atoms with E-state index >= 15 is 0 Å². The fourth-order valence-electron chi connectivity index (χ4n) is 3.38. The lowest BCUT2D eigenvalue weighted by Gasteiger charge is -2.37. The SMILES string of the molecule is CCNC(=NCc1ccc(C)cc1SC)NCC(C)N1CCN(CC)CC1.I. The number of benzene rings is 1. The number of hydrogen-bond acceptors (Lipinski definition) is 4. The first kappa shape index (κ1) is 25.5. The third-order valence-corrected chi connectivity index (χ3v) is 6.06. The van der Waals surface area contributed by atoms with E-state index in [4.69, 9.17) is 4.99 Å². The number of hydrogen-bond donors (Lipinski definition) is 2. The maximum Gasteiger partial charge on any atom is 0.191 e. The molecule has 2 N–H and O–H groups in total. The summed E-state index contributed by atoms with van der Waals surface area (Å²) in [5.41, 5.74) is 2.59. The highest BCUT2D eigenvalue weighted by atomic mass is 127. The van der Waals surface area contributed by atoms with Gasteiger partial charge in [-0.15, -0.1) is 35.7 Å². The number of nitrogens with one attached hydrogen (secondary N) is 2. The van der Waals surface area contributed by atoms with Gasteiger partial charge in [-0.2, -0.15) is 0 Å². The van der Waals surface area contributed by atoms with Crippen LogP contribution in [0.4, 0.5) is 0 Å². The molecule has 1 unspecified atom stereocenters. The Morgan fingerprint density at radius 2 is 1.89 bits per heavy atom. The van der Waals surface area contributed by atoms with Gasteiger partial charge in [0.25, 0.3) is 0 Å². The molecule has 0 aliphatic carbocycles. The van der Waals surface area contributed by atoms with Crippen LogP contribution >= 0.6 is 35.7 Å². The van der Waals surface area contributed by atoms with Crippen LogP contribution in [0, 0.1) is 6.92 Å². The topological polar surface area (TPSA) is 42.9 Å². The van der Waals surface area contributed by atoms with Gasteiger partial charge in [0, 0.05) is 50.2 Å². The molecule has 0 spiro atoms. The van der Waals surface area contributed by atoms with Crippen molar-refractivity contribution in [2.24, 2.45) is 4.99 Å². The largest absolute Gasteiger partial charge is 0.357 e. The van der Waals surface area contributed by atoms with Crippen molar-refractivity contribution in [3.05, 3.63) is 29.3 Å². The van der Waals surface area contributed by atoms with Gasteiger partial charge in [0.2, 0.25) is 0 Å². The first-order chi connectivity index (χ1) is 13.1. The van der Waals surface area contributed by atoms with Crippen LogP contribution in [0.3, 0.4) is 0 Å². The number of piperazine rings is 1. The minimum Gasteiger partial charge on any atom is -0.357 e. The summed E-state index contributed by atoms with van der Waals surface area (Å²) in [5.74, 6) is 0.907. The lowest BCUT2D eigenvalue weighted by Crippen LogP contribution is -2.53. The van der Waals surface area contributed by atoms with Gasteiger partial charge >= 0.3 is 0 Å². The van der Waals surface area contributed by atoms with Crippen molar-refractivity contribution in [1.82, 2.24) is 20.4 Å². The van der Waals surface area contributed by atoms with Crippen LogP contribution in [0.15, 0.2) is 28.1 Å². The molecular formula is C21H38IN5S. The molecule has 1 fully saturated rings. The number of aliphatic imine (C=N–C) groups is 1. The molecule has 2 rings (SSSR count). The van der Waals surface area contributed by atoms with E-state index in [2.05, 4.69) is 72.6 Å². The smallest absolute Gasteiger partial charge is 0.191 e. The van der Waals surface area contributed by atoms with Crippen LogP contribution in [0.1, 0.15) is 31.9 Å². The van der Waals surface area contributed by atoms with Crippen LogP contribution < -0.4 is 10.6 Å². The highest BCUT2D eigenvalue weighted by molar-refractivity contribution is 14.0. The van der Waals surface area contributed by atoms with Gasteiger partial charge in [-0.3, -0.25) is 4.90 Å². The Kier molecular flexibility index (Phi) is 12.5. The summed E-state index contributed by atoms with van der Waals surface area (Å²) in [7, 11) is 0. The predicted octanol–water partition coefficient (Wildman–Crippen LogP) is 3.42. The van der Waals surface area contributed by atoms with Gasteiger partial charge in [-0.05, 0) is 50.8 Å². The molecule has 0 amide bonds. The van der Waals surface area contributed by atoms with Gasteiger partial charge in [-0.25, -0.2) is 4.99 Å². The monoisotopic (exact) mass is 519 g/mol. The van der Waals surface area contributed by atoms with Crippen molar-refractivity contribution in [1.29, 1.82) is 0 Å². The molecular weight excluding hydrogens is 481 g/mol. The third kappa shape index (κ3) is 8.08. The molecule has 1 aliphatic heterocycles. The normalized spacial score (nSPS) is 17.1. The summed E-state index contributed by atoms with van der Waals surface area (Å²) < 4.78 is 0. The molecule has 1 saturated heterocycles. The molecule has 0 aromatic heterocycles. The van der Waals surface area contributed by atoms with Crippen LogP contribution in [-0.2, 0) is 6.54 Å². The fraction of sp³-hybridized carbons (Fsp3) is 0.667. The number of guanidine groups is 1. The maximum absolute atomic E-state index is 4.82. The average molecular weight is 520 g/mol. The Morgan fingerprint density at radius 3 is 2.50 bits per heavy atom. The van der Waals surface area contributed by atoms with Gasteiger partial charge in [0.05, 0.1) is 6.54 Å². The molecule has 160 valence electrons. The van der Waals surface area contributed by atoms with E-state index in [1.807, 2.05) is 0 Å². The molecule has 1 atom stereocenters. The van der Waals surface area contributed by atoms with Crippen molar-refractivity contribution in [2.75, 3.05) is 52.1 Å². The molecule has 7 heteroatoms. The summed E-state index contributed by atoms with van der Waals surface area (Å²) in [6.07, 6.45) is 2.13. The quantitative estimate of drug-likeness (QED) is 0.239. The van der Waals surface area contributed by atoms with E-state index in [1.54, 1.807) is 11.8 Å². The summed E-state index contributed by atoms with van der Waals surface area (Å²) in [6, 6.07) is 7.12. The predicted molar refractivity (Wildman–Crippen MR) is 134 cm³/mol. The maximum atomic E-state index is 4.82. The van der Waals surface area contributed by atoms with Crippen molar-refractivity contribution in [3.63, 3.8) is 0 Å². The summed E-state index contributed by atoms with van der Waals surface area (Å²) in [6.45, 7) is 17.1. The molecule has 0 bridgehead atoms. The minimum absolute atomic E-state index is 0. The molecule has 1 heterocycles.